The van der Waals surface area contributed by atoms with Crippen molar-refractivity contribution >= 4 is 40.8 Å². The van der Waals surface area contributed by atoms with E-state index < -0.39 is 76.7 Å². The Kier molecular flexibility index (Phi) is 8.92. The van der Waals surface area contributed by atoms with Gasteiger partial charge in [-0.3, -0.25) is 19.4 Å². The number of benzene rings is 2. The van der Waals surface area contributed by atoms with E-state index in [1.807, 2.05) is 0 Å². The second-order valence-electron chi connectivity index (χ2n) is 9.09. The first-order valence-corrected chi connectivity index (χ1v) is 12.1. The van der Waals surface area contributed by atoms with Crippen molar-refractivity contribution in [1.29, 1.82) is 0 Å². The molecule has 17 heteroatoms. The van der Waals surface area contributed by atoms with E-state index in [-0.39, 0.29) is 22.8 Å². The number of hydrogen-bond acceptors (Lipinski definition) is 6. The zero-order chi connectivity index (χ0) is 31.8. The van der Waals surface area contributed by atoms with Crippen molar-refractivity contribution in [1.82, 2.24) is 5.01 Å². The van der Waals surface area contributed by atoms with Crippen molar-refractivity contribution in [2.24, 2.45) is 10.5 Å². The van der Waals surface area contributed by atoms with Crippen molar-refractivity contribution in [3.05, 3.63) is 64.2 Å². The van der Waals surface area contributed by atoms with Crippen LogP contribution in [0.15, 0.2) is 47.6 Å². The number of halogens is 10. The largest absolute Gasteiger partial charge is 0.472 e. The SMILES string of the molecule is CCOC(=O)C1(C)CN(CC(=O)N(C(=O)C(F)(F)F)c2ccc(C(F)(F)F)cc2)N=C1c1ccc(C(F)(F)F)c(Cl)c1. The topological polar surface area (TPSA) is 79.3 Å². The van der Waals surface area contributed by atoms with Crippen LogP contribution in [0, 0.1) is 5.41 Å². The summed E-state index contributed by atoms with van der Waals surface area (Å²) in [4.78, 5) is 37.7. The monoisotopic (exact) mass is 631 g/mol. The van der Waals surface area contributed by atoms with Gasteiger partial charge in [0.05, 0.1) is 40.7 Å². The number of rotatable bonds is 6. The molecular weight excluding hydrogens is 613 g/mol. The van der Waals surface area contributed by atoms with Crippen LogP contribution in [0.4, 0.5) is 45.2 Å². The average Bonchev–Trinajstić information content (AvgIpc) is 3.19. The van der Waals surface area contributed by atoms with Gasteiger partial charge >= 0.3 is 30.4 Å². The van der Waals surface area contributed by atoms with Gasteiger partial charge in [-0.1, -0.05) is 17.7 Å². The summed E-state index contributed by atoms with van der Waals surface area (Å²) in [5, 5.41) is 4.07. The lowest BCUT2D eigenvalue weighted by Crippen LogP contribution is -2.49. The molecule has 0 fully saturated rings. The van der Waals surface area contributed by atoms with Crippen LogP contribution in [0.2, 0.25) is 5.02 Å². The molecule has 7 nitrogen and oxygen atoms in total. The second-order valence-corrected chi connectivity index (χ2v) is 9.50. The van der Waals surface area contributed by atoms with Gasteiger partial charge in [0.2, 0.25) is 0 Å². The molecule has 1 aliphatic rings. The number of anilines is 1. The fourth-order valence-electron chi connectivity index (χ4n) is 4.07. The minimum Gasteiger partial charge on any atom is -0.465 e. The number of hydrogen-bond donors (Lipinski definition) is 0. The average molecular weight is 632 g/mol. The zero-order valence-electron chi connectivity index (χ0n) is 21.4. The van der Waals surface area contributed by atoms with Crippen molar-refractivity contribution in [3.8, 4) is 0 Å². The van der Waals surface area contributed by atoms with Crippen molar-refractivity contribution in [3.63, 3.8) is 0 Å². The minimum absolute atomic E-state index is 0.107. The van der Waals surface area contributed by atoms with E-state index in [4.69, 9.17) is 16.3 Å². The van der Waals surface area contributed by atoms with Crippen LogP contribution in [-0.4, -0.2) is 54.4 Å². The molecule has 0 bridgehead atoms. The third kappa shape index (κ3) is 6.79. The number of nitrogens with zero attached hydrogens (tertiary/aromatic N) is 3. The van der Waals surface area contributed by atoms with Gasteiger partial charge < -0.3 is 4.74 Å². The number of imide groups is 1. The Morgan fingerprint density at radius 1 is 0.976 bits per heavy atom. The van der Waals surface area contributed by atoms with E-state index in [0.717, 1.165) is 17.1 Å². The molecule has 0 aliphatic carbocycles. The molecule has 0 spiro atoms. The van der Waals surface area contributed by atoms with Crippen LogP contribution in [0.5, 0.6) is 0 Å². The molecule has 1 heterocycles. The predicted molar refractivity (Wildman–Crippen MR) is 129 cm³/mol. The molecular formula is C25H19ClF9N3O4. The fourth-order valence-corrected chi connectivity index (χ4v) is 4.35. The number of carbonyl (C=O) groups is 3. The summed E-state index contributed by atoms with van der Waals surface area (Å²) in [7, 11) is 0. The minimum atomic E-state index is -5.62. The molecule has 0 saturated heterocycles. The highest BCUT2D eigenvalue weighted by atomic mass is 35.5. The third-order valence-electron chi connectivity index (χ3n) is 6.00. The Balaban J connectivity index is 2.02. The van der Waals surface area contributed by atoms with E-state index in [2.05, 4.69) is 5.10 Å². The summed E-state index contributed by atoms with van der Waals surface area (Å²) in [5.74, 6) is -5.24. The van der Waals surface area contributed by atoms with E-state index in [0.29, 0.717) is 30.3 Å². The van der Waals surface area contributed by atoms with Crippen LogP contribution in [0.3, 0.4) is 0 Å². The lowest BCUT2D eigenvalue weighted by Gasteiger charge is -2.26. The summed E-state index contributed by atoms with van der Waals surface area (Å²) < 4.78 is 123. The van der Waals surface area contributed by atoms with Crippen LogP contribution < -0.4 is 4.90 Å². The third-order valence-corrected chi connectivity index (χ3v) is 6.31. The maximum Gasteiger partial charge on any atom is 0.472 e. The molecule has 2 aromatic rings. The number of hydrazone groups is 1. The molecule has 1 aliphatic heterocycles. The maximum absolute atomic E-state index is 13.4. The van der Waals surface area contributed by atoms with E-state index in [9.17, 15) is 53.9 Å². The van der Waals surface area contributed by atoms with Crippen molar-refractivity contribution in [2.75, 3.05) is 24.6 Å². The summed E-state index contributed by atoms with van der Waals surface area (Å²) in [5.41, 5.74) is -5.41. The van der Waals surface area contributed by atoms with Crippen LogP contribution in [0.1, 0.15) is 30.5 Å². The number of esters is 1. The van der Waals surface area contributed by atoms with Crippen molar-refractivity contribution in [2.45, 2.75) is 32.4 Å². The van der Waals surface area contributed by atoms with Crippen LogP contribution >= 0.6 is 11.6 Å². The van der Waals surface area contributed by atoms with Gasteiger partial charge in [-0.25, -0.2) is 4.90 Å². The van der Waals surface area contributed by atoms with Gasteiger partial charge in [-0.15, -0.1) is 0 Å². The lowest BCUT2D eigenvalue weighted by atomic mass is 9.82. The molecule has 0 radical (unpaired) electrons. The first kappa shape index (κ1) is 32.7. The molecule has 42 heavy (non-hydrogen) atoms. The Bertz CT molecular complexity index is 1410. The smallest absolute Gasteiger partial charge is 0.465 e. The molecule has 0 N–H and O–H groups in total. The Morgan fingerprint density at radius 3 is 2.05 bits per heavy atom. The fraction of sp³-hybridized carbons (Fsp3) is 0.360. The van der Waals surface area contributed by atoms with Gasteiger partial charge in [-0.05, 0) is 50.2 Å². The second kappa shape index (κ2) is 11.5. The predicted octanol–water partition coefficient (Wildman–Crippen LogP) is 6.09. The number of ether oxygens (including phenoxy) is 1. The molecule has 0 saturated carbocycles. The van der Waals surface area contributed by atoms with Gasteiger partial charge in [0, 0.05) is 5.56 Å². The van der Waals surface area contributed by atoms with Gasteiger partial charge in [0.15, 0.2) is 0 Å². The first-order valence-electron chi connectivity index (χ1n) is 11.7. The van der Waals surface area contributed by atoms with E-state index in [1.165, 1.54) is 13.8 Å². The van der Waals surface area contributed by atoms with Crippen molar-refractivity contribution < 1.29 is 58.6 Å². The quantitative estimate of drug-likeness (QED) is 0.285. The molecule has 2 aromatic carbocycles. The lowest BCUT2D eigenvalue weighted by molar-refractivity contribution is -0.171. The van der Waals surface area contributed by atoms with E-state index >= 15 is 0 Å². The molecule has 1 atom stereocenters. The molecule has 3 rings (SSSR count). The Hall–Kier alpha value is -3.82. The summed E-state index contributed by atoms with van der Waals surface area (Å²) >= 11 is 5.79. The summed E-state index contributed by atoms with van der Waals surface area (Å²) in [6.07, 6.45) is -15.3. The van der Waals surface area contributed by atoms with Crippen LogP contribution in [0.25, 0.3) is 0 Å². The molecule has 1 unspecified atom stereocenters. The van der Waals surface area contributed by atoms with Gasteiger partial charge in [-0.2, -0.15) is 44.6 Å². The summed E-state index contributed by atoms with van der Waals surface area (Å²) in [6, 6.07) is 4.15. The van der Waals surface area contributed by atoms with Gasteiger partial charge in [0.25, 0.3) is 5.91 Å². The van der Waals surface area contributed by atoms with E-state index in [1.54, 1.807) is 0 Å². The highest BCUT2D eigenvalue weighted by molar-refractivity contribution is 6.32. The Morgan fingerprint density at radius 2 is 1.57 bits per heavy atom. The molecule has 0 aromatic heterocycles. The number of carbonyl (C=O) groups excluding carboxylic acids is 3. The van der Waals surface area contributed by atoms with Crippen LogP contribution in [-0.2, 0) is 31.5 Å². The normalized spacial score (nSPS) is 17.6. The number of amides is 2. The standard InChI is InChI=1S/C25H19ClF9N3O4/c1-3-42-21(41)22(2)12-37(36-19(22)13-4-9-16(17(26)10-13)24(30,31)32)11-18(39)38(20(40)25(33,34)35)15-7-5-14(6-8-15)23(27,28)29/h4-10H,3,11-12H2,1-2H3. The zero-order valence-corrected chi connectivity index (χ0v) is 22.2. The Labute approximate surface area is 236 Å². The summed E-state index contributed by atoms with van der Waals surface area (Å²) in [6.45, 7) is 0.931. The maximum atomic E-state index is 13.4. The van der Waals surface area contributed by atoms with Gasteiger partial charge in [0.1, 0.15) is 12.0 Å². The highest BCUT2D eigenvalue weighted by Crippen LogP contribution is 2.38. The molecule has 2 amide bonds. The molecule has 228 valence electrons. The number of alkyl halides is 9. The highest BCUT2D eigenvalue weighted by Gasteiger charge is 2.50. The first-order chi connectivity index (χ1) is 19.2.